The van der Waals surface area contributed by atoms with Crippen molar-refractivity contribution in [1.82, 2.24) is 4.90 Å². The van der Waals surface area contributed by atoms with E-state index in [1.807, 2.05) is 6.29 Å². The van der Waals surface area contributed by atoms with Gasteiger partial charge in [-0.3, -0.25) is 4.79 Å². The minimum Gasteiger partial charge on any atom is -0.351 e. The summed E-state index contributed by atoms with van der Waals surface area (Å²) in [7, 11) is 0. The van der Waals surface area contributed by atoms with Gasteiger partial charge >= 0.3 is 6.03 Å². The number of hydrogen-bond acceptors (Lipinski definition) is 2. The van der Waals surface area contributed by atoms with Crippen LogP contribution in [-0.4, -0.2) is 30.3 Å². The number of urea groups is 1. The van der Waals surface area contributed by atoms with Gasteiger partial charge in [0.05, 0.1) is 0 Å². The maximum absolute atomic E-state index is 10.6. The summed E-state index contributed by atoms with van der Waals surface area (Å²) in [6, 6.07) is -0.440. The topological polar surface area (TPSA) is 63.4 Å². The van der Waals surface area contributed by atoms with Crippen molar-refractivity contribution < 1.29 is 9.59 Å². The lowest BCUT2D eigenvalue weighted by atomic mass is 10.0. The molecule has 11 heavy (non-hydrogen) atoms. The van der Waals surface area contributed by atoms with Crippen LogP contribution in [0.15, 0.2) is 0 Å². The predicted octanol–water partition coefficient (Wildman–Crippen LogP) is -0.113. The van der Waals surface area contributed by atoms with Crippen molar-refractivity contribution >= 4 is 12.3 Å². The van der Waals surface area contributed by atoms with Crippen molar-refractivity contribution in [2.75, 3.05) is 13.1 Å². The van der Waals surface area contributed by atoms with Gasteiger partial charge in [0.2, 0.25) is 6.29 Å². The van der Waals surface area contributed by atoms with Crippen LogP contribution in [0.3, 0.4) is 0 Å². The van der Waals surface area contributed by atoms with Gasteiger partial charge in [-0.25, -0.2) is 4.79 Å². The number of piperidine rings is 1. The summed E-state index contributed by atoms with van der Waals surface area (Å²) in [5.41, 5.74) is 5.04. The van der Waals surface area contributed by atoms with E-state index in [0.717, 1.165) is 12.8 Å². The molecule has 0 aromatic carbocycles. The highest BCUT2D eigenvalue weighted by Gasteiger charge is 2.21. The summed E-state index contributed by atoms with van der Waals surface area (Å²) < 4.78 is 0. The molecule has 2 N–H and O–H groups in total. The Labute approximate surface area is 65.3 Å². The zero-order valence-corrected chi connectivity index (χ0v) is 6.25. The molecule has 1 fully saturated rings. The molecule has 1 saturated heterocycles. The Balaban J connectivity index is 2.45. The summed E-state index contributed by atoms with van der Waals surface area (Å²) in [4.78, 5) is 22.3. The highest BCUT2D eigenvalue weighted by molar-refractivity contribution is 5.72. The van der Waals surface area contributed by atoms with Crippen LogP contribution < -0.4 is 5.73 Å². The number of likely N-dealkylation sites (tertiary alicyclic amines) is 1. The molecule has 4 nitrogen and oxygen atoms in total. The summed E-state index contributed by atoms with van der Waals surface area (Å²) >= 11 is 0. The predicted molar refractivity (Wildman–Crippen MR) is 39.6 cm³/mol. The molecule has 0 aromatic rings. The van der Waals surface area contributed by atoms with Crippen LogP contribution >= 0.6 is 0 Å². The van der Waals surface area contributed by atoms with E-state index in [1.54, 1.807) is 0 Å². The summed E-state index contributed by atoms with van der Waals surface area (Å²) in [6.45, 7) is 1.12. The molecule has 1 unspecified atom stereocenters. The molecular formula is C7H11N2O2. The minimum absolute atomic E-state index is 0.128. The fourth-order valence-corrected chi connectivity index (χ4v) is 1.27. The molecule has 1 aliphatic heterocycles. The van der Waals surface area contributed by atoms with Crippen LogP contribution in [-0.2, 0) is 4.79 Å². The molecule has 0 aliphatic carbocycles. The first kappa shape index (κ1) is 8.04. The zero-order valence-electron chi connectivity index (χ0n) is 6.25. The number of amides is 2. The number of carbonyl (C=O) groups excluding carboxylic acids is 2. The van der Waals surface area contributed by atoms with Gasteiger partial charge in [0, 0.05) is 19.0 Å². The van der Waals surface area contributed by atoms with E-state index < -0.39 is 6.03 Å². The normalized spacial score (nSPS) is 24.7. The van der Waals surface area contributed by atoms with Gasteiger partial charge in [-0.05, 0) is 12.8 Å². The summed E-state index contributed by atoms with van der Waals surface area (Å²) in [6.07, 6.45) is 3.57. The summed E-state index contributed by atoms with van der Waals surface area (Å²) in [5, 5.41) is 0. The van der Waals surface area contributed by atoms with E-state index in [0.29, 0.717) is 13.1 Å². The van der Waals surface area contributed by atoms with Gasteiger partial charge in [-0.1, -0.05) is 0 Å². The molecule has 0 aromatic heterocycles. The van der Waals surface area contributed by atoms with E-state index in [1.165, 1.54) is 4.90 Å². The second-order valence-corrected chi connectivity index (χ2v) is 2.74. The van der Waals surface area contributed by atoms with Gasteiger partial charge in [0.25, 0.3) is 0 Å². The van der Waals surface area contributed by atoms with Crippen LogP contribution in [0.5, 0.6) is 0 Å². The van der Waals surface area contributed by atoms with E-state index in [-0.39, 0.29) is 5.92 Å². The highest BCUT2D eigenvalue weighted by atomic mass is 16.2. The van der Waals surface area contributed by atoms with Crippen LogP contribution in [0, 0.1) is 5.92 Å². The standard InChI is InChI=1S/C7H11N2O2/c8-7(11)9-3-1-2-6(4-9)5-10/h6H,1-4H2,(H2,8,11). The third-order valence-electron chi connectivity index (χ3n) is 1.90. The zero-order chi connectivity index (χ0) is 8.27. The van der Waals surface area contributed by atoms with Crippen molar-refractivity contribution in [1.29, 1.82) is 0 Å². The number of hydrogen-bond donors (Lipinski definition) is 1. The number of nitrogens with two attached hydrogens (primary N) is 1. The van der Waals surface area contributed by atoms with E-state index in [9.17, 15) is 9.59 Å². The minimum atomic E-state index is -0.440. The van der Waals surface area contributed by atoms with Crippen molar-refractivity contribution in [3.05, 3.63) is 0 Å². The van der Waals surface area contributed by atoms with E-state index in [4.69, 9.17) is 5.73 Å². The Morgan fingerprint density at radius 1 is 1.64 bits per heavy atom. The quantitative estimate of drug-likeness (QED) is 0.574. The molecule has 1 heterocycles. The Bertz CT molecular complexity index is 170. The lowest BCUT2D eigenvalue weighted by Crippen LogP contribution is -2.43. The van der Waals surface area contributed by atoms with Crippen molar-refractivity contribution in [3.8, 4) is 0 Å². The largest absolute Gasteiger partial charge is 0.351 e. The second-order valence-electron chi connectivity index (χ2n) is 2.74. The van der Waals surface area contributed by atoms with Crippen molar-refractivity contribution in [2.45, 2.75) is 12.8 Å². The molecule has 2 amide bonds. The van der Waals surface area contributed by atoms with Gasteiger partial charge in [-0.15, -0.1) is 0 Å². The Morgan fingerprint density at radius 2 is 2.36 bits per heavy atom. The van der Waals surface area contributed by atoms with Gasteiger partial charge in [0.15, 0.2) is 0 Å². The first-order chi connectivity index (χ1) is 5.24. The number of carbonyl (C=O) groups is 1. The first-order valence-electron chi connectivity index (χ1n) is 3.66. The molecule has 1 radical (unpaired) electrons. The number of primary amides is 1. The Morgan fingerprint density at radius 3 is 2.91 bits per heavy atom. The Kier molecular flexibility index (Phi) is 2.46. The van der Waals surface area contributed by atoms with Crippen LogP contribution in [0.1, 0.15) is 12.8 Å². The lowest BCUT2D eigenvalue weighted by Gasteiger charge is -2.27. The average Bonchev–Trinajstić information content (AvgIpc) is 2.05. The van der Waals surface area contributed by atoms with Crippen LogP contribution in [0.25, 0.3) is 0 Å². The first-order valence-corrected chi connectivity index (χ1v) is 3.66. The molecule has 4 heteroatoms. The molecule has 1 atom stereocenters. The number of nitrogens with zero attached hydrogens (tertiary/aromatic N) is 1. The third-order valence-corrected chi connectivity index (χ3v) is 1.90. The molecule has 1 aliphatic rings. The lowest BCUT2D eigenvalue weighted by molar-refractivity contribution is 0.186. The SMILES string of the molecule is NC(=O)N1CCCC([C]=O)C1. The molecule has 1 rings (SSSR count). The van der Waals surface area contributed by atoms with E-state index >= 15 is 0 Å². The van der Waals surface area contributed by atoms with Gasteiger partial charge in [-0.2, -0.15) is 0 Å². The maximum Gasteiger partial charge on any atom is 0.314 e. The fraction of sp³-hybridized carbons (Fsp3) is 0.714. The monoisotopic (exact) mass is 155 g/mol. The maximum atomic E-state index is 10.6. The second kappa shape index (κ2) is 3.37. The number of rotatable bonds is 1. The third kappa shape index (κ3) is 1.93. The highest BCUT2D eigenvalue weighted by Crippen LogP contribution is 2.13. The van der Waals surface area contributed by atoms with Crippen LogP contribution in [0.2, 0.25) is 0 Å². The molecule has 0 bridgehead atoms. The smallest absolute Gasteiger partial charge is 0.314 e. The molecule has 0 saturated carbocycles. The van der Waals surface area contributed by atoms with Crippen molar-refractivity contribution in [2.24, 2.45) is 11.7 Å². The van der Waals surface area contributed by atoms with Crippen molar-refractivity contribution in [3.63, 3.8) is 0 Å². The van der Waals surface area contributed by atoms with Crippen LogP contribution in [0.4, 0.5) is 4.79 Å². The Hall–Kier alpha value is -1.06. The van der Waals surface area contributed by atoms with Gasteiger partial charge < -0.3 is 10.6 Å². The molecule has 61 valence electrons. The fourth-order valence-electron chi connectivity index (χ4n) is 1.27. The molecular weight excluding hydrogens is 144 g/mol. The van der Waals surface area contributed by atoms with Gasteiger partial charge in [0.1, 0.15) is 0 Å². The van der Waals surface area contributed by atoms with E-state index in [2.05, 4.69) is 0 Å². The summed E-state index contributed by atoms with van der Waals surface area (Å²) in [5.74, 6) is -0.128. The molecule has 0 spiro atoms. The average molecular weight is 155 g/mol.